The van der Waals surface area contributed by atoms with E-state index in [0.717, 1.165) is 5.75 Å². The van der Waals surface area contributed by atoms with Gasteiger partial charge in [-0.25, -0.2) is 0 Å². The molecule has 1 aliphatic rings. The molecule has 0 saturated carbocycles. The highest BCUT2D eigenvalue weighted by Gasteiger charge is 2.47. The average molecular weight is 206 g/mol. The largest absolute Gasteiger partial charge is 0.487 e. The van der Waals surface area contributed by atoms with Crippen molar-refractivity contribution in [3.05, 3.63) is 29.8 Å². The SMILES string of the molecule is CC.CC1(C)Oc2ccccc2C1(C)C. The van der Waals surface area contributed by atoms with Gasteiger partial charge in [0.1, 0.15) is 11.4 Å². The third kappa shape index (κ3) is 1.75. The van der Waals surface area contributed by atoms with Crippen LogP contribution in [0, 0.1) is 0 Å². The summed E-state index contributed by atoms with van der Waals surface area (Å²) < 4.78 is 5.91. The minimum atomic E-state index is -0.101. The Hall–Kier alpha value is -0.980. The molecule has 0 radical (unpaired) electrons. The molecule has 0 saturated heterocycles. The fraction of sp³-hybridized carbons (Fsp3) is 0.571. The summed E-state index contributed by atoms with van der Waals surface area (Å²) in [6, 6.07) is 8.30. The second-order valence-electron chi connectivity index (χ2n) is 4.73. The van der Waals surface area contributed by atoms with E-state index in [4.69, 9.17) is 4.74 Å². The van der Waals surface area contributed by atoms with E-state index in [1.165, 1.54) is 5.56 Å². The molecule has 0 atom stereocenters. The lowest BCUT2D eigenvalue weighted by Gasteiger charge is -2.33. The molecular weight excluding hydrogens is 184 g/mol. The van der Waals surface area contributed by atoms with Crippen LogP contribution in [0.2, 0.25) is 0 Å². The molecule has 1 nitrogen and oxygen atoms in total. The van der Waals surface area contributed by atoms with Gasteiger partial charge in [-0.05, 0) is 19.9 Å². The molecule has 15 heavy (non-hydrogen) atoms. The Labute approximate surface area is 93.5 Å². The van der Waals surface area contributed by atoms with Crippen LogP contribution >= 0.6 is 0 Å². The molecule has 0 spiro atoms. The van der Waals surface area contributed by atoms with Crippen molar-refractivity contribution in [2.24, 2.45) is 0 Å². The first-order valence-electron chi connectivity index (χ1n) is 5.74. The molecule has 0 N–H and O–H groups in total. The zero-order valence-corrected chi connectivity index (χ0v) is 10.7. The van der Waals surface area contributed by atoms with Crippen molar-refractivity contribution < 1.29 is 4.74 Å². The maximum absolute atomic E-state index is 5.91. The van der Waals surface area contributed by atoms with E-state index in [2.05, 4.69) is 39.8 Å². The molecular formula is C14H22O. The Bertz CT molecular complexity index is 337. The Morgan fingerprint density at radius 2 is 1.47 bits per heavy atom. The van der Waals surface area contributed by atoms with E-state index >= 15 is 0 Å². The number of benzene rings is 1. The summed E-state index contributed by atoms with van der Waals surface area (Å²) in [6.45, 7) is 12.8. The summed E-state index contributed by atoms with van der Waals surface area (Å²) >= 11 is 0. The number of para-hydroxylation sites is 1. The van der Waals surface area contributed by atoms with Crippen LogP contribution in [0.3, 0.4) is 0 Å². The quantitative estimate of drug-likeness (QED) is 0.619. The molecule has 0 unspecified atom stereocenters. The van der Waals surface area contributed by atoms with Crippen LogP contribution in [0.1, 0.15) is 47.1 Å². The second kappa shape index (κ2) is 3.88. The minimum absolute atomic E-state index is 0.101. The summed E-state index contributed by atoms with van der Waals surface area (Å²) in [4.78, 5) is 0. The van der Waals surface area contributed by atoms with Gasteiger partial charge in [0.25, 0.3) is 0 Å². The van der Waals surface area contributed by atoms with Crippen LogP contribution < -0.4 is 4.74 Å². The van der Waals surface area contributed by atoms with Crippen LogP contribution in [0.15, 0.2) is 24.3 Å². The van der Waals surface area contributed by atoms with E-state index in [1.54, 1.807) is 0 Å². The van der Waals surface area contributed by atoms with Gasteiger partial charge < -0.3 is 4.74 Å². The molecule has 0 fully saturated rings. The third-order valence-electron chi connectivity index (χ3n) is 3.43. The topological polar surface area (TPSA) is 9.23 Å². The van der Waals surface area contributed by atoms with Crippen molar-refractivity contribution in [1.29, 1.82) is 0 Å². The van der Waals surface area contributed by atoms with Gasteiger partial charge in [0.15, 0.2) is 0 Å². The normalized spacial score (nSPS) is 19.6. The van der Waals surface area contributed by atoms with Crippen LogP contribution in [0.25, 0.3) is 0 Å². The molecule has 1 heteroatoms. The fourth-order valence-electron chi connectivity index (χ4n) is 1.80. The Morgan fingerprint density at radius 3 is 2.00 bits per heavy atom. The molecule has 84 valence electrons. The first-order valence-corrected chi connectivity index (χ1v) is 5.74. The highest BCUT2D eigenvalue weighted by Crippen LogP contribution is 2.48. The van der Waals surface area contributed by atoms with Crippen LogP contribution in [-0.2, 0) is 5.41 Å². The van der Waals surface area contributed by atoms with Crippen molar-refractivity contribution in [1.82, 2.24) is 0 Å². The van der Waals surface area contributed by atoms with Gasteiger partial charge in [-0.2, -0.15) is 0 Å². The van der Waals surface area contributed by atoms with Gasteiger partial charge in [-0.15, -0.1) is 0 Å². The Balaban J connectivity index is 0.000000531. The zero-order chi connectivity index (χ0) is 11.7. The van der Waals surface area contributed by atoms with Crippen molar-refractivity contribution in [3.63, 3.8) is 0 Å². The van der Waals surface area contributed by atoms with Crippen LogP contribution in [-0.4, -0.2) is 5.60 Å². The number of ether oxygens (including phenoxy) is 1. The predicted octanol–water partition coefficient (Wildman–Crippen LogP) is 4.16. The van der Waals surface area contributed by atoms with E-state index in [1.807, 2.05) is 26.0 Å². The fourth-order valence-corrected chi connectivity index (χ4v) is 1.80. The van der Waals surface area contributed by atoms with E-state index < -0.39 is 0 Å². The summed E-state index contributed by atoms with van der Waals surface area (Å²) in [6.07, 6.45) is 0. The lowest BCUT2D eigenvalue weighted by Crippen LogP contribution is -2.41. The highest BCUT2D eigenvalue weighted by molar-refractivity contribution is 5.45. The third-order valence-corrected chi connectivity index (χ3v) is 3.43. The van der Waals surface area contributed by atoms with E-state index in [9.17, 15) is 0 Å². The van der Waals surface area contributed by atoms with Gasteiger partial charge in [0.2, 0.25) is 0 Å². The average Bonchev–Trinajstić information content (AvgIpc) is 2.37. The van der Waals surface area contributed by atoms with Crippen molar-refractivity contribution in [2.75, 3.05) is 0 Å². The first kappa shape index (κ1) is 12.1. The van der Waals surface area contributed by atoms with Crippen molar-refractivity contribution in [2.45, 2.75) is 52.6 Å². The molecule has 1 aromatic rings. The molecule has 0 bridgehead atoms. The first-order chi connectivity index (χ1) is 6.95. The summed E-state index contributed by atoms with van der Waals surface area (Å²) in [5.74, 6) is 1.04. The molecule has 1 aliphatic heterocycles. The van der Waals surface area contributed by atoms with Crippen molar-refractivity contribution >= 4 is 0 Å². The van der Waals surface area contributed by atoms with Gasteiger partial charge in [-0.1, -0.05) is 45.9 Å². The van der Waals surface area contributed by atoms with Gasteiger partial charge in [0.05, 0.1) is 0 Å². The van der Waals surface area contributed by atoms with Gasteiger partial charge >= 0.3 is 0 Å². The molecule has 0 aliphatic carbocycles. The smallest absolute Gasteiger partial charge is 0.124 e. The number of rotatable bonds is 0. The molecule has 2 rings (SSSR count). The number of hydrogen-bond donors (Lipinski definition) is 0. The maximum Gasteiger partial charge on any atom is 0.124 e. The maximum atomic E-state index is 5.91. The van der Waals surface area contributed by atoms with E-state index in [0.29, 0.717) is 0 Å². The van der Waals surface area contributed by atoms with Gasteiger partial charge in [-0.3, -0.25) is 0 Å². The number of fused-ring (bicyclic) bond motifs is 1. The zero-order valence-electron chi connectivity index (χ0n) is 10.7. The Morgan fingerprint density at radius 1 is 0.933 bits per heavy atom. The summed E-state index contributed by atoms with van der Waals surface area (Å²) in [5, 5.41) is 0. The molecule has 0 amide bonds. The van der Waals surface area contributed by atoms with Crippen LogP contribution in [0.4, 0.5) is 0 Å². The highest BCUT2D eigenvalue weighted by atomic mass is 16.5. The van der Waals surface area contributed by atoms with Crippen LogP contribution in [0.5, 0.6) is 5.75 Å². The molecule has 1 aromatic carbocycles. The summed E-state index contributed by atoms with van der Waals surface area (Å²) in [5.41, 5.74) is 1.32. The van der Waals surface area contributed by atoms with Crippen molar-refractivity contribution in [3.8, 4) is 5.75 Å². The van der Waals surface area contributed by atoms with Gasteiger partial charge in [0, 0.05) is 11.0 Å². The number of hydrogen-bond acceptors (Lipinski definition) is 1. The minimum Gasteiger partial charge on any atom is -0.487 e. The van der Waals surface area contributed by atoms with E-state index in [-0.39, 0.29) is 11.0 Å². The predicted molar refractivity (Wildman–Crippen MR) is 65.5 cm³/mol. The molecule has 1 heterocycles. The monoisotopic (exact) mass is 206 g/mol. The lowest BCUT2D eigenvalue weighted by molar-refractivity contribution is 0.0712. The Kier molecular flexibility index (Phi) is 3.13. The molecule has 0 aromatic heterocycles. The summed E-state index contributed by atoms with van der Waals surface area (Å²) in [7, 11) is 0. The second-order valence-corrected chi connectivity index (χ2v) is 4.73. The lowest BCUT2D eigenvalue weighted by atomic mass is 9.74. The standard InChI is InChI=1S/C12H16O.C2H6/c1-11(2)9-7-5-6-8-10(9)13-12(11,3)4;1-2/h5-8H,1-4H3;1-2H3.